The number of rotatable bonds is 2. The van der Waals surface area contributed by atoms with E-state index in [0.717, 1.165) is 11.3 Å². The molecular weight excluding hydrogens is 346 g/mol. The van der Waals surface area contributed by atoms with E-state index in [9.17, 15) is 4.79 Å². The van der Waals surface area contributed by atoms with Crippen LogP contribution in [0.3, 0.4) is 0 Å². The molecule has 0 saturated heterocycles. The van der Waals surface area contributed by atoms with Crippen molar-refractivity contribution in [3.05, 3.63) is 50.4 Å². The predicted octanol–water partition coefficient (Wildman–Crippen LogP) is 3.47. The van der Waals surface area contributed by atoms with Crippen molar-refractivity contribution >= 4 is 34.7 Å². The largest absolute Gasteiger partial charge is 0.310 e. The molecule has 0 spiro atoms. The van der Waals surface area contributed by atoms with Gasteiger partial charge in [-0.1, -0.05) is 11.6 Å². The van der Waals surface area contributed by atoms with E-state index in [1.54, 1.807) is 28.2 Å². The monoisotopic (exact) mass is 359 g/mol. The van der Waals surface area contributed by atoms with Gasteiger partial charge in [0, 0.05) is 22.8 Å². The quantitative estimate of drug-likeness (QED) is 0.760. The molecule has 1 aliphatic rings. The van der Waals surface area contributed by atoms with Crippen LogP contribution in [0.2, 0.25) is 5.15 Å². The highest BCUT2D eigenvalue weighted by molar-refractivity contribution is 7.10. The maximum Gasteiger partial charge on any atom is 0.226 e. The fourth-order valence-electron chi connectivity index (χ4n) is 3.10. The second-order valence-electron chi connectivity index (χ2n) is 5.75. The van der Waals surface area contributed by atoms with Gasteiger partial charge in [0.2, 0.25) is 5.91 Å². The molecule has 0 aliphatic carbocycles. The first-order chi connectivity index (χ1) is 11.5. The van der Waals surface area contributed by atoms with Crippen molar-refractivity contribution in [1.82, 2.24) is 20.0 Å². The van der Waals surface area contributed by atoms with Crippen LogP contribution in [0.5, 0.6) is 0 Å². The van der Waals surface area contributed by atoms with E-state index in [4.69, 9.17) is 11.6 Å². The summed E-state index contributed by atoms with van der Waals surface area (Å²) in [5.41, 5.74) is 3.11. The summed E-state index contributed by atoms with van der Waals surface area (Å²) in [6.45, 7) is 4.02. The Kier molecular flexibility index (Phi) is 3.62. The number of carbonyl (C=O) groups excluding carboxylic acids is 1. The van der Waals surface area contributed by atoms with Crippen LogP contribution in [-0.2, 0) is 4.79 Å². The number of nitrogens with zero attached hydrogens (tertiary/aromatic N) is 4. The molecule has 1 amide bonds. The molecular formula is C16H14ClN5OS. The molecule has 8 heteroatoms. The molecule has 0 aromatic carbocycles. The number of hydrogen-bond acceptors (Lipinski definition) is 5. The van der Waals surface area contributed by atoms with Crippen LogP contribution in [0.25, 0.3) is 5.82 Å². The van der Waals surface area contributed by atoms with Gasteiger partial charge >= 0.3 is 0 Å². The lowest BCUT2D eigenvalue weighted by Crippen LogP contribution is -2.25. The number of anilines is 1. The van der Waals surface area contributed by atoms with Crippen LogP contribution in [-0.4, -0.2) is 25.9 Å². The number of aryl methyl sites for hydroxylation is 2. The Hall–Kier alpha value is -2.25. The summed E-state index contributed by atoms with van der Waals surface area (Å²) in [6.07, 6.45) is 0.424. The van der Waals surface area contributed by atoms with Crippen molar-refractivity contribution in [1.29, 1.82) is 0 Å². The minimum absolute atomic E-state index is 0.0164. The Balaban J connectivity index is 1.89. The van der Waals surface area contributed by atoms with Gasteiger partial charge in [0.15, 0.2) is 11.0 Å². The minimum Gasteiger partial charge on any atom is -0.310 e. The van der Waals surface area contributed by atoms with Crippen LogP contribution in [0, 0.1) is 13.8 Å². The Morgan fingerprint density at radius 2 is 2.12 bits per heavy atom. The number of fused-ring (bicyclic) bond motifs is 1. The lowest BCUT2D eigenvalue weighted by molar-refractivity contribution is -0.116. The number of amides is 1. The third kappa shape index (κ3) is 2.40. The van der Waals surface area contributed by atoms with Gasteiger partial charge in [0.1, 0.15) is 5.82 Å². The SMILES string of the molecule is Cc1ccsc1[C@@H]1CC(=O)Nc2c1c(C)nn2-c1ccc(Cl)nn1. The van der Waals surface area contributed by atoms with E-state index < -0.39 is 0 Å². The molecule has 4 heterocycles. The van der Waals surface area contributed by atoms with E-state index in [2.05, 4.69) is 39.0 Å². The summed E-state index contributed by atoms with van der Waals surface area (Å²) in [7, 11) is 0. The van der Waals surface area contributed by atoms with Gasteiger partial charge in [-0.25, -0.2) is 0 Å². The zero-order valence-corrected chi connectivity index (χ0v) is 14.6. The third-order valence-electron chi connectivity index (χ3n) is 4.16. The smallest absolute Gasteiger partial charge is 0.226 e. The highest BCUT2D eigenvalue weighted by Gasteiger charge is 2.34. The van der Waals surface area contributed by atoms with Crippen molar-refractivity contribution in [2.75, 3.05) is 5.32 Å². The molecule has 0 unspecified atom stereocenters. The Morgan fingerprint density at radius 3 is 2.79 bits per heavy atom. The molecule has 0 saturated carbocycles. The van der Waals surface area contributed by atoms with Crippen LogP contribution in [0.15, 0.2) is 23.6 Å². The average molecular weight is 360 g/mol. The Labute approximate surface area is 147 Å². The zero-order chi connectivity index (χ0) is 16.8. The van der Waals surface area contributed by atoms with Gasteiger partial charge in [-0.3, -0.25) is 4.79 Å². The summed E-state index contributed by atoms with van der Waals surface area (Å²) < 4.78 is 1.63. The van der Waals surface area contributed by atoms with Crippen molar-refractivity contribution in [3.63, 3.8) is 0 Å². The van der Waals surface area contributed by atoms with Crippen molar-refractivity contribution in [3.8, 4) is 5.82 Å². The molecule has 3 aromatic rings. The van der Waals surface area contributed by atoms with Gasteiger partial charge in [0.05, 0.1) is 5.69 Å². The normalized spacial score (nSPS) is 16.8. The summed E-state index contributed by atoms with van der Waals surface area (Å²) in [5, 5.41) is 17.8. The predicted molar refractivity (Wildman–Crippen MR) is 93.0 cm³/mol. The van der Waals surface area contributed by atoms with Gasteiger partial charge in [-0.05, 0) is 43.0 Å². The van der Waals surface area contributed by atoms with Crippen molar-refractivity contribution < 1.29 is 4.79 Å². The fraction of sp³-hybridized carbons (Fsp3) is 0.250. The van der Waals surface area contributed by atoms with Crippen LogP contribution in [0.4, 0.5) is 5.82 Å². The van der Waals surface area contributed by atoms with Crippen molar-refractivity contribution in [2.24, 2.45) is 0 Å². The number of aromatic nitrogens is 4. The topological polar surface area (TPSA) is 72.7 Å². The molecule has 3 aromatic heterocycles. The first-order valence-corrected chi connectivity index (χ1v) is 8.73. The van der Waals surface area contributed by atoms with Crippen LogP contribution < -0.4 is 5.32 Å². The van der Waals surface area contributed by atoms with E-state index in [0.29, 0.717) is 23.2 Å². The molecule has 0 bridgehead atoms. The summed E-state index contributed by atoms with van der Waals surface area (Å²) >= 11 is 7.48. The lowest BCUT2D eigenvalue weighted by Gasteiger charge is -2.23. The third-order valence-corrected chi connectivity index (χ3v) is 5.49. The molecule has 24 heavy (non-hydrogen) atoms. The van der Waals surface area contributed by atoms with E-state index >= 15 is 0 Å². The van der Waals surface area contributed by atoms with E-state index in [-0.39, 0.29) is 11.8 Å². The number of thiophene rings is 1. The summed E-state index contributed by atoms with van der Waals surface area (Å²) in [5.74, 6) is 1.18. The number of halogens is 1. The first-order valence-electron chi connectivity index (χ1n) is 7.47. The van der Waals surface area contributed by atoms with Crippen LogP contribution in [0.1, 0.15) is 34.0 Å². The van der Waals surface area contributed by atoms with E-state index in [1.807, 2.05) is 6.92 Å². The lowest BCUT2D eigenvalue weighted by atomic mass is 9.89. The van der Waals surface area contributed by atoms with Gasteiger partial charge in [-0.15, -0.1) is 21.5 Å². The summed E-state index contributed by atoms with van der Waals surface area (Å²) in [6, 6.07) is 5.46. The molecule has 1 aliphatic heterocycles. The number of carbonyl (C=O) groups is 1. The highest BCUT2D eigenvalue weighted by Crippen LogP contribution is 2.42. The zero-order valence-electron chi connectivity index (χ0n) is 13.1. The van der Waals surface area contributed by atoms with E-state index in [1.165, 1.54) is 10.4 Å². The number of nitrogens with one attached hydrogen (secondary N) is 1. The van der Waals surface area contributed by atoms with Crippen LogP contribution >= 0.6 is 22.9 Å². The maximum absolute atomic E-state index is 12.3. The fourth-order valence-corrected chi connectivity index (χ4v) is 4.24. The second-order valence-corrected chi connectivity index (χ2v) is 7.08. The van der Waals surface area contributed by atoms with Crippen molar-refractivity contribution in [2.45, 2.75) is 26.2 Å². The number of hydrogen-bond donors (Lipinski definition) is 1. The molecule has 122 valence electrons. The Bertz CT molecular complexity index is 931. The molecule has 4 rings (SSSR count). The maximum atomic E-state index is 12.3. The molecule has 1 atom stereocenters. The first kappa shape index (κ1) is 15.3. The Morgan fingerprint density at radius 1 is 1.29 bits per heavy atom. The minimum atomic E-state index is -0.0247. The van der Waals surface area contributed by atoms with Gasteiger partial charge in [-0.2, -0.15) is 9.78 Å². The molecule has 0 radical (unpaired) electrons. The molecule has 0 fully saturated rings. The second kappa shape index (κ2) is 5.68. The average Bonchev–Trinajstić information content (AvgIpc) is 3.11. The standard InChI is InChI=1S/C16H14ClN5OS/c1-8-5-6-24-15(8)10-7-13(23)18-16-14(10)9(2)21-22(16)12-4-3-11(17)19-20-12/h3-6,10H,7H2,1-2H3,(H,18,23)/t10-/m1/s1. The summed E-state index contributed by atoms with van der Waals surface area (Å²) in [4.78, 5) is 13.5. The highest BCUT2D eigenvalue weighted by atomic mass is 35.5. The molecule has 1 N–H and O–H groups in total. The van der Waals surface area contributed by atoms with Gasteiger partial charge in [0.25, 0.3) is 0 Å². The molecule has 6 nitrogen and oxygen atoms in total. The van der Waals surface area contributed by atoms with Gasteiger partial charge < -0.3 is 5.32 Å².